The monoisotopic (exact) mass is 440 g/mol. The molecule has 0 radical (unpaired) electrons. The van der Waals surface area contributed by atoms with E-state index < -0.39 is 0 Å². The van der Waals surface area contributed by atoms with Crippen molar-refractivity contribution in [2.75, 3.05) is 13.1 Å². The Morgan fingerprint density at radius 3 is 2.61 bits per heavy atom. The molecule has 1 saturated heterocycles. The lowest BCUT2D eigenvalue weighted by Gasteiger charge is -2.32. The largest absolute Gasteiger partial charge is 0.352 e. The van der Waals surface area contributed by atoms with Gasteiger partial charge in [0.05, 0.1) is 17.8 Å². The maximum atomic E-state index is 13.1. The molecule has 1 aliphatic rings. The van der Waals surface area contributed by atoms with Crippen LogP contribution >= 0.6 is 11.6 Å². The van der Waals surface area contributed by atoms with E-state index in [-0.39, 0.29) is 23.5 Å². The molecule has 0 aliphatic carbocycles. The van der Waals surface area contributed by atoms with Crippen LogP contribution in [0.5, 0.6) is 0 Å². The van der Waals surface area contributed by atoms with Crippen LogP contribution < -0.4 is 5.32 Å². The van der Waals surface area contributed by atoms with E-state index in [1.54, 1.807) is 27.9 Å². The second-order valence-corrected chi connectivity index (χ2v) is 8.02. The van der Waals surface area contributed by atoms with Crippen molar-refractivity contribution in [2.24, 2.45) is 5.92 Å². The number of hydrogen-bond donors (Lipinski definition) is 1. The van der Waals surface area contributed by atoms with Gasteiger partial charge >= 0.3 is 0 Å². The molecule has 3 aromatic rings. The highest BCUT2D eigenvalue weighted by molar-refractivity contribution is 6.30. The fourth-order valence-corrected chi connectivity index (χ4v) is 3.80. The predicted molar refractivity (Wildman–Crippen MR) is 115 cm³/mol. The zero-order chi connectivity index (χ0) is 21.8. The molecule has 4 rings (SSSR count). The average molecular weight is 441 g/mol. The molecule has 6 nitrogen and oxygen atoms in total. The van der Waals surface area contributed by atoms with Gasteiger partial charge in [0.15, 0.2) is 0 Å². The Balaban J connectivity index is 1.33. The summed E-state index contributed by atoms with van der Waals surface area (Å²) in [5.41, 5.74) is 2.18. The van der Waals surface area contributed by atoms with E-state index in [9.17, 15) is 14.0 Å². The summed E-state index contributed by atoms with van der Waals surface area (Å²) in [5, 5.41) is 7.93. The summed E-state index contributed by atoms with van der Waals surface area (Å²) in [6.07, 6.45) is 5.04. The van der Waals surface area contributed by atoms with Gasteiger partial charge < -0.3 is 10.2 Å². The van der Waals surface area contributed by atoms with Crippen LogP contribution in [-0.4, -0.2) is 39.6 Å². The van der Waals surface area contributed by atoms with Gasteiger partial charge in [-0.15, -0.1) is 0 Å². The molecule has 1 fully saturated rings. The average Bonchev–Trinajstić information content (AvgIpc) is 3.27. The SMILES string of the molecule is O=C(NCc1cnn(-c2ccc(Cl)cc2)c1)C1CCCN(C(=O)c2ccc(F)cc2)C1. The number of carbonyl (C=O) groups is 2. The van der Waals surface area contributed by atoms with Crippen LogP contribution in [0.4, 0.5) is 4.39 Å². The molecule has 1 atom stereocenters. The molecule has 1 aliphatic heterocycles. The minimum atomic E-state index is -0.383. The van der Waals surface area contributed by atoms with Crippen molar-refractivity contribution in [3.8, 4) is 5.69 Å². The van der Waals surface area contributed by atoms with E-state index in [4.69, 9.17) is 11.6 Å². The summed E-state index contributed by atoms with van der Waals surface area (Å²) in [5.74, 6) is -0.922. The first-order valence-corrected chi connectivity index (χ1v) is 10.5. The Morgan fingerprint density at radius 1 is 1.13 bits per heavy atom. The minimum absolute atomic E-state index is 0.0872. The van der Waals surface area contributed by atoms with Gasteiger partial charge in [-0.25, -0.2) is 9.07 Å². The van der Waals surface area contributed by atoms with Gasteiger partial charge in [0, 0.05) is 42.0 Å². The Bertz CT molecular complexity index is 1070. The first-order chi connectivity index (χ1) is 15.0. The molecular weight excluding hydrogens is 419 g/mol. The molecule has 8 heteroatoms. The van der Waals surface area contributed by atoms with Crippen LogP contribution in [0.15, 0.2) is 60.9 Å². The number of carbonyl (C=O) groups excluding carboxylic acids is 2. The molecule has 1 N–H and O–H groups in total. The van der Waals surface area contributed by atoms with Crippen molar-refractivity contribution in [1.29, 1.82) is 0 Å². The molecule has 2 heterocycles. The summed E-state index contributed by atoms with van der Waals surface area (Å²) >= 11 is 5.92. The number of amides is 2. The minimum Gasteiger partial charge on any atom is -0.352 e. The highest BCUT2D eigenvalue weighted by atomic mass is 35.5. The first-order valence-electron chi connectivity index (χ1n) is 10.1. The lowest BCUT2D eigenvalue weighted by molar-refractivity contribution is -0.126. The number of likely N-dealkylation sites (tertiary alicyclic amines) is 1. The third-order valence-electron chi connectivity index (χ3n) is 5.36. The zero-order valence-electron chi connectivity index (χ0n) is 16.8. The number of aromatic nitrogens is 2. The van der Waals surface area contributed by atoms with Gasteiger partial charge in [0.25, 0.3) is 5.91 Å². The molecular formula is C23H22ClFN4O2. The fraction of sp³-hybridized carbons (Fsp3) is 0.261. The summed E-state index contributed by atoms with van der Waals surface area (Å²) in [6, 6.07) is 12.8. The molecule has 0 spiro atoms. The van der Waals surface area contributed by atoms with Crippen molar-refractivity contribution in [2.45, 2.75) is 19.4 Å². The van der Waals surface area contributed by atoms with Crippen molar-refractivity contribution in [1.82, 2.24) is 20.0 Å². The number of rotatable bonds is 5. The first kappa shape index (κ1) is 21.1. The third kappa shape index (κ3) is 5.11. The van der Waals surface area contributed by atoms with Gasteiger partial charge in [0.2, 0.25) is 5.91 Å². The molecule has 2 aromatic carbocycles. The lowest BCUT2D eigenvalue weighted by Crippen LogP contribution is -2.45. The summed E-state index contributed by atoms with van der Waals surface area (Å²) in [6.45, 7) is 1.30. The fourth-order valence-electron chi connectivity index (χ4n) is 3.67. The number of nitrogens with zero attached hydrogens (tertiary/aromatic N) is 3. The van der Waals surface area contributed by atoms with Crippen molar-refractivity contribution in [3.63, 3.8) is 0 Å². The van der Waals surface area contributed by atoms with Crippen molar-refractivity contribution >= 4 is 23.4 Å². The molecule has 31 heavy (non-hydrogen) atoms. The molecule has 2 amide bonds. The predicted octanol–water partition coefficient (Wildman–Crippen LogP) is 3.83. The summed E-state index contributed by atoms with van der Waals surface area (Å²) in [4.78, 5) is 27.0. The van der Waals surface area contributed by atoms with E-state index >= 15 is 0 Å². The van der Waals surface area contributed by atoms with Gasteiger partial charge in [0.1, 0.15) is 5.82 Å². The van der Waals surface area contributed by atoms with E-state index in [1.807, 2.05) is 18.3 Å². The Morgan fingerprint density at radius 2 is 1.87 bits per heavy atom. The van der Waals surface area contributed by atoms with Crippen molar-refractivity contribution in [3.05, 3.63) is 82.9 Å². The zero-order valence-corrected chi connectivity index (χ0v) is 17.6. The Kier molecular flexibility index (Phi) is 6.32. The van der Waals surface area contributed by atoms with E-state index in [0.717, 1.165) is 24.1 Å². The maximum Gasteiger partial charge on any atom is 0.253 e. The van der Waals surface area contributed by atoms with Crippen molar-refractivity contribution < 1.29 is 14.0 Å². The van der Waals surface area contributed by atoms with Crippen LogP contribution in [0.2, 0.25) is 5.02 Å². The van der Waals surface area contributed by atoms with E-state index in [1.165, 1.54) is 24.3 Å². The van der Waals surface area contributed by atoms with E-state index in [0.29, 0.717) is 30.2 Å². The van der Waals surface area contributed by atoms with Crippen LogP contribution in [0.1, 0.15) is 28.8 Å². The van der Waals surface area contributed by atoms with Gasteiger partial charge in [-0.2, -0.15) is 5.10 Å². The number of piperidine rings is 1. The van der Waals surface area contributed by atoms with Crippen LogP contribution in [-0.2, 0) is 11.3 Å². The van der Waals surface area contributed by atoms with E-state index in [2.05, 4.69) is 10.4 Å². The van der Waals surface area contributed by atoms with Crippen LogP contribution in [0.3, 0.4) is 0 Å². The standard InChI is InChI=1S/C23H22ClFN4O2/c24-19-5-9-21(10-6-19)29-14-16(13-27-29)12-26-22(30)18-2-1-11-28(15-18)23(31)17-3-7-20(25)8-4-17/h3-10,13-14,18H,1-2,11-12,15H2,(H,26,30). The number of nitrogens with one attached hydrogen (secondary N) is 1. The topological polar surface area (TPSA) is 67.2 Å². The molecule has 1 aromatic heterocycles. The molecule has 0 bridgehead atoms. The molecule has 160 valence electrons. The normalized spacial score (nSPS) is 16.2. The molecule has 0 saturated carbocycles. The maximum absolute atomic E-state index is 13.1. The quantitative estimate of drug-likeness (QED) is 0.655. The molecule has 1 unspecified atom stereocenters. The summed E-state index contributed by atoms with van der Waals surface area (Å²) < 4.78 is 14.8. The lowest BCUT2D eigenvalue weighted by atomic mass is 9.96. The number of halogens is 2. The van der Waals surface area contributed by atoms with Gasteiger partial charge in [-0.05, 0) is 61.4 Å². The number of hydrogen-bond acceptors (Lipinski definition) is 3. The smallest absolute Gasteiger partial charge is 0.253 e. The van der Waals surface area contributed by atoms with Gasteiger partial charge in [-0.3, -0.25) is 9.59 Å². The second-order valence-electron chi connectivity index (χ2n) is 7.58. The summed E-state index contributed by atoms with van der Waals surface area (Å²) in [7, 11) is 0. The van der Waals surface area contributed by atoms with Gasteiger partial charge in [-0.1, -0.05) is 11.6 Å². The van der Waals surface area contributed by atoms with Crippen LogP contribution in [0.25, 0.3) is 5.69 Å². The Labute approximate surface area is 184 Å². The highest BCUT2D eigenvalue weighted by Crippen LogP contribution is 2.20. The third-order valence-corrected chi connectivity index (χ3v) is 5.62. The Hall–Kier alpha value is -3.19. The second kappa shape index (κ2) is 9.31. The highest BCUT2D eigenvalue weighted by Gasteiger charge is 2.28. The van der Waals surface area contributed by atoms with Crippen LogP contribution in [0, 0.1) is 11.7 Å². The number of benzene rings is 2.